The summed E-state index contributed by atoms with van der Waals surface area (Å²) in [7, 11) is 4.77. The normalized spacial score (nSPS) is 11.7. The molecule has 82 valence electrons. The molecule has 1 unspecified atom stereocenters. The van der Waals surface area contributed by atoms with Crippen molar-refractivity contribution >= 4 is 0 Å². The highest BCUT2D eigenvalue weighted by atomic mass is 16.7. The molecular formula is C12H16O3. The summed E-state index contributed by atoms with van der Waals surface area (Å²) in [5, 5.41) is 0. The van der Waals surface area contributed by atoms with Gasteiger partial charge >= 0.3 is 0 Å². The van der Waals surface area contributed by atoms with Crippen molar-refractivity contribution in [3.05, 3.63) is 47.9 Å². The first-order valence-corrected chi connectivity index (χ1v) is 4.69. The highest BCUT2D eigenvalue weighted by Crippen LogP contribution is 2.19. The van der Waals surface area contributed by atoms with E-state index in [1.807, 2.05) is 30.3 Å². The average molecular weight is 208 g/mol. The summed E-state index contributed by atoms with van der Waals surface area (Å²) in [6.45, 7) is 0. The molecular weight excluding hydrogens is 192 g/mol. The van der Waals surface area contributed by atoms with Crippen LogP contribution in [-0.2, 0) is 14.2 Å². The van der Waals surface area contributed by atoms with Gasteiger partial charge < -0.3 is 14.2 Å². The predicted octanol–water partition coefficient (Wildman–Crippen LogP) is 2.51. The Hall–Kier alpha value is -1.48. The van der Waals surface area contributed by atoms with Crippen LogP contribution in [0.4, 0.5) is 0 Å². The molecule has 0 aliphatic carbocycles. The van der Waals surface area contributed by atoms with Crippen molar-refractivity contribution in [3.8, 4) is 0 Å². The Kier molecular flexibility index (Phi) is 4.71. The largest absolute Gasteiger partial charge is 0.469 e. The highest BCUT2D eigenvalue weighted by molar-refractivity contribution is 5.21. The third kappa shape index (κ3) is 3.29. The van der Waals surface area contributed by atoms with Gasteiger partial charge in [0.15, 0.2) is 0 Å². The van der Waals surface area contributed by atoms with Crippen LogP contribution in [-0.4, -0.2) is 21.3 Å². The van der Waals surface area contributed by atoms with Gasteiger partial charge in [-0.1, -0.05) is 30.3 Å². The molecule has 0 aliphatic rings. The van der Waals surface area contributed by atoms with Crippen LogP contribution in [0.5, 0.6) is 0 Å². The van der Waals surface area contributed by atoms with Gasteiger partial charge in [0, 0.05) is 13.2 Å². The second-order valence-electron chi connectivity index (χ2n) is 2.96. The van der Waals surface area contributed by atoms with Gasteiger partial charge in [0.05, 0.1) is 14.2 Å². The van der Waals surface area contributed by atoms with E-state index >= 15 is 0 Å². The fourth-order valence-electron chi connectivity index (χ4n) is 1.29. The van der Waals surface area contributed by atoms with Gasteiger partial charge in [0.1, 0.15) is 6.10 Å². The number of rotatable bonds is 5. The lowest BCUT2D eigenvalue weighted by molar-refractivity contribution is 0.0776. The summed E-state index contributed by atoms with van der Waals surface area (Å²) in [6.07, 6.45) is 1.64. The summed E-state index contributed by atoms with van der Waals surface area (Å²) >= 11 is 0. The van der Waals surface area contributed by atoms with Crippen LogP contribution in [0.3, 0.4) is 0 Å². The lowest BCUT2D eigenvalue weighted by Gasteiger charge is -2.12. The van der Waals surface area contributed by atoms with Crippen LogP contribution in [0, 0.1) is 0 Å². The average Bonchev–Trinajstić information content (AvgIpc) is 2.32. The maximum atomic E-state index is 5.33. The van der Waals surface area contributed by atoms with Gasteiger partial charge in [0.2, 0.25) is 0 Å². The number of hydrogen-bond donors (Lipinski definition) is 0. The van der Waals surface area contributed by atoms with Gasteiger partial charge in [0.25, 0.3) is 5.95 Å². The van der Waals surface area contributed by atoms with Gasteiger partial charge in [-0.2, -0.15) is 0 Å². The standard InChI is InChI=1S/C12H16O3/c1-13-11(9-12(14-2)15-3)10-7-5-4-6-8-10/h4-9,11H,1-3H3. The second-order valence-corrected chi connectivity index (χ2v) is 2.96. The third-order valence-electron chi connectivity index (χ3n) is 2.07. The molecule has 1 atom stereocenters. The van der Waals surface area contributed by atoms with E-state index in [0.29, 0.717) is 5.95 Å². The number of hydrogen-bond acceptors (Lipinski definition) is 3. The van der Waals surface area contributed by atoms with Crippen molar-refractivity contribution in [2.24, 2.45) is 0 Å². The summed E-state index contributed by atoms with van der Waals surface area (Å²) in [5.41, 5.74) is 1.06. The van der Waals surface area contributed by atoms with Gasteiger partial charge in [-0.05, 0) is 5.56 Å². The minimum Gasteiger partial charge on any atom is -0.469 e. The lowest BCUT2D eigenvalue weighted by atomic mass is 10.1. The number of benzene rings is 1. The van der Waals surface area contributed by atoms with Crippen molar-refractivity contribution in [2.45, 2.75) is 6.10 Å². The molecule has 0 saturated carbocycles. The fraction of sp³-hybridized carbons (Fsp3) is 0.333. The van der Waals surface area contributed by atoms with E-state index in [-0.39, 0.29) is 6.10 Å². The van der Waals surface area contributed by atoms with Crippen molar-refractivity contribution in [2.75, 3.05) is 21.3 Å². The van der Waals surface area contributed by atoms with Gasteiger partial charge in [-0.3, -0.25) is 0 Å². The zero-order valence-corrected chi connectivity index (χ0v) is 9.27. The Morgan fingerprint density at radius 3 is 2.13 bits per heavy atom. The van der Waals surface area contributed by atoms with Crippen LogP contribution in [0.1, 0.15) is 11.7 Å². The smallest absolute Gasteiger partial charge is 0.277 e. The van der Waals surface area contributed by atoms with Crippen molar-refractivity contribution in [1.29, 1.82) is 0 Å². The second kappa shape index (κ2) is 6.09. The van der Waals surface area contributed by atoms with E-state index < -0.39 is 0 Å². The van der Waals surface area contributed by atoms with Crippen LogP contribution < -0.4 is 0 Å². The molecule has 0 fully saturated rings. The van der Waals surface area contributed by atoms with E-state index in [9.17, 15) is 0 Å². The maximum Gasteiger partial charge on any atom is 0.277 e. The SMILES string of the molecule is COC(=CC(OC)c1ccccc1)OC. The molecule has 1 aromatic rings. The molecule has 0 bridgehead atoms. The molecule has 0 N–H and O–H groups in total. The molecule has 0 aliphatic heterocycles. The van der Waals surface area contributed by atoms with E-state index in [1.54, 1.807) is 27.4 Å². The van der Waals surface area contributed by atoms with Gasteiger partial charge in [-0.25, -0.2) is 0 Å². The number of ether oxygens (including phenoxy) is 3. The predicted molar refractivity (Wildman–Crippen MR) is 58.3 cm³/mol. The van der Waals surface area contributed by atoms with Crippen molar-refractivity contribution < 1.29 is 14.2 Å². The van der Waals surface area contributed by atoms with E-state index in [4.69, 9.17) is 14.2 Å². The zero-order chi connectivity index (χ0) is 11.1. The van der Waals surface area contributed by atoms with Crippen LogP contribution >= 0.6 is 0 Å². The zero-order valence-electron chi connectivity index (χ0n) is 9.27. The Morgan fingerprint density at radius 1 is 1.07 bits per heavy atom. The molecule has 1 aromatic carbocycles. The minimum absolute atomic E-state index is 0.152. The van der Waals surface area contributed by atoms with E-state index in [1.165, 1.54) is 0 Å². The first-order chi connectivity index (χ1) is 7.31. The van der Waals surface area contributed by atoms with E-state index in [2.05, 4.69) is 0 Å². The van der Waals surface area contributed by atoms with Crippen LogP contribution in [0.15, 0.2) is 42.4 Å². The van der Waals surface area contributed by atoms with Crippen LogP contribution in [0.25, 0.3) is 0 Å². The van der Waals surface area contributed by atoms with Crippen molar-refractivity contribution in [1.82, 2.24) is 0 Å². The molecule has 0 radical (unpaired) electrons. The maximum absolute atomic E-state index is 5.33. The van der Waals surface area contributed by atoms with E-state index in [0.717, 1.165) is 5.56 Å². The molecule has 0 spiro atoms. The molecule has 0 aromatic heterocycles. The third-order valence-corrected chi connectivity index (χ3v) is 2.07. The first-order valence-electron chi connectivity index (χ1n) is 4.69. The summed E-state index contributed by atoms with van der Waals surface area (Å²) in [4.78, 5) is 0. The molecule has 3 heteroatoms. The van der Waals surface area contributed by atoms with Gasteiger partial charge in [-0.15, -0.1) is 0 Å². The topological polar surface area (TPSA) is 27.7 Å². The van der Waals surface area contributed by atoms with Crippen molar-refractivity contribution in [3.63, 3.8) is 0 Å². The first kappa shape index (κ1) is 11.6. The number of methoxy groups -OCH3 is 3. The lowest BCUT2D eigenvalue weighted by Crippen LogP contribution is -2.01. The fourth-order valence-corrected chi connectivity index (χ4v) is 1.29. The molecule has 1 rings (SSSR count). The molecule has 0 amide bonds. The molecule has 0 heterocycles. The Bertz CT molecular complexity index is 300. The molecule has 3 nitrogen and oxygen atoms in total. The Morgan fingerprint density at radius 2 is 1.67 bits per heavy atom. The summed E-state index contributed by atoms with van der Waals surface area (Å²) in [6, 6.07) is 9.89. The summed E-state index contributed by atoms with van der Waals surface area (Å²) < 4.78 is 15.4. The summed E-state index contributed by atoms with van der Waals surface area (Å²) in [5.74, 6) is 0.450. The van der Waals surface area contributed by atoms with Crippen LogP contribution in [0.2, 0.25) is 0 Å². The highest BCUT2D eigenvalue weighted by Gasteiger charge is 2.09. The Labute approximate surface area is 90.3 Å². The monoisotopic (exact) mass is 208 g/mol. The minimum atomic E-state index is -0.152. The Balaban J connectivity index is 2.85. The molecule has 15 heavy (non-hydrogen) atoms. The molecule has 0 saturated heterocycles. The quantitative estimate of drug-likeness (QED) is 0.696.